The Kier molecular flexibility index (Phi) is 4.79. The smallest absolute Gasteiger partial charge is 0.315 e. The van der Waals surface area contributed by atoms with E-state index in [1.165, 1.54) is 7.11 Å². The summed E-state index contributed by atoms with van der Waals surface area (Å²) in [6, 6.07) is 1.81. The number of aliphatic hydroxyl groups excluding tert-OH is 3. The molecule has 0 spiro atoms. The third-order valence-corrected chi connectivity index (χ3v) is 11.8. The molecule has 0 aromatic heterocycles. The monoisotopic (exact) mass is 548 g/mol. The van der Waals surface area contributed by atoms with E-state index in [-0.39, 0.29) is 32.7 Å². The zero-order valence-corrected chi connectivity index (χ0v) is 22.5. The second-order valence-electron chi connectivity index (χ2n) is 12.7. The highest BCUT2D eigenvalue weighted by Gasteiger charge is 2.86. The van der Waals surface area contributed by atoms with Crippen molar-refractivity contribution >= 4 is 23.6 Å². The average molecular weight is 549 g/mol. The third kappa shape index (κ3) is 2.32. The van der Waals surface area contributed by atoms with Gasteiger partial charge in [0.05, 0.1) is 29.4 Å². The van der Waals surface area contributed by atoms with E-state index in [1.54, 1.807) is 6.92 Å². The van der Waals surface area contributed by atoms with Crippen molar-refractivity contribution in [2.24, 2.45) is 22.2 Å². The first-order valence-corrected chi connectivity index (χ1v) is 13.5. The lowest BCUT2D eigenvalue weighted by Gasteiger charge is -2.69. The van der Waals surface area contributed by atoms with Crippen molar-refractivity contribution in [1.82, 2.24) is 0 Å². The Hall–Kier alpha value is -1.88. The minimum atomic E-state index is -1.89. The van der Waals surface area contributed by atoms with E-state index in [0.29, 0.717) is 33.2 Å². The van der Waals surface area contributed by atoms with Crippen LogP contribution in [-0.4, -0.2) is 76.9 Å². The number of aliphatic hydroxyl groups is 4. The van der Waals surface area contributed by atoms with Crippen LogP contribution in [0.5, 0.6) is 11.5 Å². The second kappa shape index (κ2) is 7.25. The summed E-state index contributed by atoms with van der Waals surface area (Å²) in [4.78, 5) is 13.9. The quantitative estimate of drug-likeness (QED) is 0.409. The van der Waals surface area contributed by atoms with E-state index in [1.807, 2.05) is 26.0 Å². The molecule has 1 aromatic carbocycles. The maximum absolute atomic E-state index is 13.9. The molecule has 4 N–H and O–H groups in total. The standard InChI is InChI=1S/C28H33ClO9/c1-24(10-35-4)16(30)5-6-27-21(24)20(38-23(27)33)22(32)26(3)15-7-12-13(8-14-19(18(12)29)37-11-36-14)25(15,2)17(31)9-28(26,27)34/h7-8,16-17,20-22,30-32,34H,5-6,9-11H2,1-4H3/t16-,17+,20+,21+,22-,24-,25-,26-,27+,28-/m0/s1. The van der Waals surface area contributed by atoms with Crippen molar-refractivity contribution < 1.29 is 44.2 Å². The van der Waals surface area contributed by atoms with Crippen LogP contribution in [0, 0.1) is 22.2 Å². The number of carbonyl (C=O) groups is 1. The zero-order valence-electron chi connectivity index (χ0n) is 21.8. The second-order valence-corrected chi connectivity index (χ2v) is 13.1. The van der Waals surface area contributed by atoms with E-state index in [9.17, 15) is 25.2 Å². The van der Waals surface area contributed by atoms with Gasteiger partial charge in [0.25, 0.3) is 0 Å². The van der Waals surface area contributed by atoms with Crippen molar-refractivity contribution in [2.45, 2.75) is 75.5 Å². The molecular weight excluding hydrogens is 516 g/mol. The summed E-state index contributed by atoms with van der Waals surface area (Å²) in [6.07, 6.45) is -2.23. The molecule has 6 aliphatic rings. The van der Waals surface area contributed by atoms with Gasteiger partial charge in [-0.1, -0.05) is 31.5 Å². The lowest BCUT2D eigenvalue weighted by atomic mass is 9.34. The Morgan fingerprint density at radius 2 is 1.89 bits per heavy atom. The number of halogens is 1. The summed E-state index contributed by atoms with van der Waals surface area (Å²) >= 11 is 6.78. The van der Waals surface area contributed by atoms with Crippen LogP contribution in [0.4, 0.5) is 0 Å². The third-order valence-electron chi connectivity index (χ3n) is 11.5. The van der Waals surface area contributed by atoms with Crippen molar-refractivity contribution in [3.05, 3.63) is 27.8 Å². The van der Waals surface area contributed by atoms with Gasteiger partial charge in [0.1, 0.15) is 17.6 Å². The molecule has 0 unspecified atom stereocenters. The summed E-state index contributed by atoms with van der Waals surface area (Å²) in [7, 11) is 1.52. The molecule has 2 heterocycles. The van der Waals surface area contributed by atoms with Crippen LogP contribution in [0.1, 0.15) is 51.2 Å². The number of carbonyl (C=O) groups excluding carboxylic acids is 1. The van der Waals surface area contributed by atoms with E-state index in [0.717, 1.165) is 0 Å². The topological polar surface area (TPSA) is 135 Å². The molecule has 3 saturated carbocycles. The van der Waals surface area contributed by atoms with Crippen LogP contribution in [0.2, 0.25) is 5.02 Å². The Balaban J connectivity index is 1.48. The molecule has 0 amide bonds. The van der Waals surface area contributed by atoms with E-state index in [2.05, 4.69) is 0 Å². The Morgan fingerprint density at radius 3 is 2.61 bits per heavy atom. The highest BCUT2D eigenvalue weighted by molar-refractivity contribution is 6.34. The summed E-state index contributed by atoms with van der Waals surface area (Å²) in [6.45, 7) is 5.62. The predicted molar refractivity (Wildman–Crippen MR) is 134 cm³/mol. The number of hydrogen-bond donors (Lipinski definition) is 4. The van der Waals surface area contributed by atoms with Crippen LogP contribution in [0.25, 0.3) is 6.08 Å². The molecule has 2 aliphatic heterocycles. The average Bonchev–Trinajstić information content (AvgIpc) is 3.54. The molecule has 1 aromatic rings. The Labute approximate surface area is 225 Å². The predicted octanol–water partition coefficient (Wildman–Crippen LogP) is 1.94. The van der Waals surface area contributed by atoms with Crippen LogP contribution in [0.3, 0.4) is 0 Å². The molecule has 7 rings (SSSR count). The number of methoxy groups -OCH3 is 1. The fourth-order valence-corrected chi connectivity index (χ4v) is 9.85. The lowest BCUT2D eigenvalue weighted by molar-refractivity contribution is -0.296. The number of rotatable bonds is 2. The van der Waals surface area contributed by atoms with Crippen molar-refractivity contribution in [2.75, 3.05) is 20.5 Å². The van der Waals surface area contributed by atoms with Crippen LogP contribution >= 0.6 is 11.6 Å². The van der Waals surface area contributed by atoms with Gasteiger partial charge >= 0.3 is 5.97 Å². The highest BCUT2D eigenvalue weighted by atomic mass is 35.5. The van der Waals surface area contributed by atoms with Gasteiger partial charge in [-0.3, -0.25) is 4.79 Å². The Bertz CT molecular complexity index is 1310. The number of benzene rings is 1. The molecule has 4 aliphatic carbocycles. The number of esters is 1. The van der Waals surface area contributed by atoms with Gasteiger partial charge < -0.3 is 39.4 Å². The highest BCUT2D eigenvalue weighted by Crippen LogP contribution is 2.76. The number of hydrogen-bond acceptors (Lipinski definition) is 9. The van der Waals surface area contributed by atoms with Crippen molar-refractivity contribution in [3.8, 4) is 11.5 Å². The van der Waals surface area contributed by atoms with Gasteiger partial charge in [0.15, 0.2) is 11.5 Å². The first-order valence-electron chi connectivity index (χ1n) is 13.2. The van der Waals surface area contributed by atoms with Gasteiger partial charge in [0, 0.05) is 41.3 Å². The minimum Gasteiger partial charge on any atom is -0.459 e. The first-order chi connectivity index (χ1) is 17.8. The molecule has 4 fully saturated rings. The van der Waals surface area contributed by atoms with Gasteiger partial charge in [-0.25, -0.2) is 0 Å². The van der Waals surface area contributed by atoms with Crippen LogP contribution in [-0.2, 0) is 19.7 Å². The molecular formula is C28H33ClO9. The Morgan fingerprint density at radius 1 is 1.16 bits per heavy atom. The SMILES string of the molecule is COC[C@]1(C)[C@H]2[C@H]3OC(=O)[C@]2(CC[C@@H]1O)[C@]1(O)C[C@@H](O)[C@]2(C)C(=Cc4c2cc2c(c4Cl)OCO2)[C@@]1(C)[C@H]3O. The minimum absolute atomic E-state index is 0.0428. The number of fused-ring (bicyclic) bond motifs is 6. The molecule has 9 nitrogen and oxygen atoms in total. The van der Waals surface area contributed by atoms with Gasteiger partial charge in [0.2, 0.25) is 6.79 Å². The molecule has 0 radical (unpaired) electrons. The summed E-state index contributed by atoms with van der Waals surface area (Å²) in [5, 5.41) is 48.4. The molecule has 1 saturated heterocycles. The van der Waals surface area contributed by atoms with Gasteiger partial charge in [-0.2, -0.15) is 0 Å². The molecule has 206 valence electrons. The van der Waals surface area contributed by atoms with Crippen molar-refractivity contribution in [3.63, 3.8) is 0 Å². The molecule has 10 heteroatoms. The van der Waals surface area contributed by atoms with Gasteiger partial charge in [-0.15, -0.1) is 0 Å². The lowest BCUT2D eigenvalue weighted by Crippen LogP contribution is -2.80. The fourth-order valence-electron chi connectivity index (χ4n) is 9.55. The maximum Gasteiger partial charge on any atom is 0.315 e. The van der Waals surface area contributed by atoms with Crippen LogP contribution < -0.4 is 9.47 Å². The summed E-state index contributed by atoms with van der Waals surface area (Å²) in [5.41, 5.74) is -4.82. The first kappa shape index (κ1) is 25.1. The molecule has 38 heavy (non-hydrogen) atoms. The normalized spacial score (nSPS) is 49.6. The summed E-state index contributed by atoms with van der Waals surface area (Å²) in [5.74, 6) is -0.439. The van der Waals surface area contributed by atoms with Gasteiger partial charge in [-0.05, 0) is 37.0 Å². The maximum atomic E-state index is 13.9. The zero-order chi connectivity index (χ0) is 27.2. The fraction of sp³-hybridized carbons (Fsp3) is 0.679. The van der Waals surface area contributed by atoms with E-state index in [4.69, 9.17) is 30.5 Å². The van der Waals surface area contributed by atoms with E-state index >= 15 is 0 Å². The van der Waals surface area contributed by atoms with E-state index < -0.39 is 63.6 Å². The van der Waals surface area contributed by atoms with Crippen molar-refractivity contribution in [1.29, 1.82) is 0 Å². The van der Waals surface area contributed by atoms with Crippen LogP contribution in [0.15, 0.2) is 11.6 Å². The molecule has 2 bridgehead atoms. The summed E-state index contributed by atoms with van der Waals surface area (Å²) < 4.78 is 22.6. The largest absolute Gasteiger partial charge is 0.459 e. The molecule has 10 atom stereocenters. The number of ether oxygens (including phenoxy) is 4.